The molecule has 5 nitrogen and oxygen atoms in total. The lowest BCUT2D eigenvalue weighted by atomic mass is 10.2. The second kappa shape index (κ2) is 5.82. The fourth-order valence-corrected chi connectivity index (χ4v) is 3.53. The van der Waals surface area contributed by atoms with Gasteiger partial charge in [0.2, 0.25) is 10.0 Å². The lowest BCUT2D eigenvalue weighted by Gasteiger charge is -2.28. The summed E-state index contributed by atoms with van der Waals surface area (Å²) >= 11 is 0. The number of sulfonamides is 1. The molecule has 1 aliphatic carbocycles. The second-order valence-corrected chi connectivity index (χ2v) is 7.10. The van der Waals surface area contributed by atoms with Gasteiger partial charge in [0.15, 0.2) is 0 Å². The molecule has 0 heterocycles. The molecule has 0 atom stereocenters. The Hall–Kier alpha value is -0.620. The summed E-state index contributed by atoms with van der Waals surface area (Å²) < 4.78 is 30.3. The highest BCUT2D eigenvalue weighted by Gasteiger charge is 2.35. The molecule has 6 heteroatoms. The minimum Gasteiger partial charge on any atom is -0.468 e. The van der Waals surface area contributed by atoms with Gasteiger partial charge in [-0.2, -0.15) is 4.31 Å². The van der Waals surface area contributed by atoms with Crippen LogP contribution in [0.25, 0.3) is 0 Å². The van der Waals surface area contributed by atoms with Crippen LogP contribution in [0.2, 0.25) is 0 Å². The Morgan fingerprint density at radius 1 is 1.35 bits per heavy atom. The molecule has 0 bridgehead atoms. The van der Waals surface area contributed by atoms with Gasteiger partial charge in [-0.05, 0) is 26.7 Å². The summed E-state index contributed by atoms with van der Waals surface area (Å²) in [5.41, 5.74) is 0. The summed E-state index contributed by atoms with van der Waals surface area (Å²) in [5.74, 6) is -0.499. The van der Waals surface area contributed by atoms with Crippen molar-refractivity contribution < 1.29 is 17.9 Å². The first-order chi connectivity index (χ1) is 7.89. The zero-order valence-corrected chi connectivity index (χ0v) is 11.5. The minimum atomic E-state index is -3.40. The number of hydrogen-bond donors (Lipinski definition) is 0. The van der Waals surface area contributed by atoms with Gasteiger partial charge in [-0.25, -0.2) is 8.42 Å². The van der Waals surface area contributed by atoms with Crippen molar-refractivity contribution in [2.45, 2.75) is 50.8 Å². The van der Waals surface area contributed by atoms with Gasteiger partial charge in [0, 0.05) is 6.04 Å². The highest BCUT2D eigenvalue weighted by molar-refractivity contribution is 7.89. The smallest absolute Gasteiger partial charge is 0.321 e. The van der Waals surface area contributed by atoms with Crippen LogP contribution in [0.3, 0.4) is 0 Å². The zero-order valence-electron chi connectivity index (χ0n) is 10.7. The summed E-state index contributed by atoms with van der Waals surface area (Å²) in [6.07, 6.45) is 3.72. The van der Waals surface area contributed by atoms with Crippen molar-refractivity contribution in [3.8, 4) is 0 Å². The number of carbonyl (C=O) groups excluding carboxylic acids is 1. The van der Waals surface area contributed by atoms with E-state index in [4.69, 9.17) is 0 Å². The lowest BCUT2D eigenvalue weighted by molar-refractivity contribution is -0.141. The summed E-state index contributed by atoms with van der Waals surface area (Å²) in [7, 11) is -2.12. The molecule has 0 radical (unpaired) electrons. The Bertz CT molecular complexity index is 358. The molecule has 100 valence electrons. The van der Waals surface area contributed by atoms with Crippen LogP contribution >= 0.6 is 0 Å². The second-order valence-electron chi connectivity index (χ2n) is 4.65. The van der Waals surface area contributed by atoms with Crippen LogP contribution in [0.1, 0.15) is 39.5 Å². The largest absolute Gasteiger partial charge is 0.468 e. The Kier molecular flexibility index (Phi) is 4.94. The monoisotopic (exact) mass is 263 g/mol. The average molecular weight is 263 g/mol. The van der Waals surface area contributed by atoms with Crippen LogP contribution in [0.15, 0.2) is 0 Å². The highest BCUT2D eigenvalue weighted by atomic mass is 32.2. The van der Waals surface area contributed by atoms with Crippen molar-refractivity contribution >= 4 is 16.0 Å². The maximum absolute atomic E-state index is 12.2. The standard InChI is InChI=1S/C11H21NO4S/c1-9(2)17(14,15)12(8-11(13)16-3)10-6-4-5-7-10/h9-10H,4-8H2,1-3H3. The number of hydrogen-bond acceptors (Lipinski definition) is 4. The first-order valence-electron chi connectivity index (χ1n) is 5.97. The van der Waals surface area contributed by atoms with E-state index in [1.54, 1.807) is 13.8 Å². The molecule has 1 saturated carbocycles. The Balaban J connectivity index is 2.89. The third kappa shape index (κ3) is 3.42. The van der Waals surface area contributed by atoms with Gasteiger partial charge >= 0.3 is 5.97 Å². The van der Waals surface area contributed by atoms with Crippen LogP contribution in [0, 0.1) is 0 Å². The maximum atomic E-state index is 12.2. The van der Waals surface area contributed by atoms with Crippen molar-refractivity contribution in [1.82, 2.24) is 4.31 Å². The first-order valence-corrected chi connectivity index (χ1v) is 7.47. The molecule has 0 unspecified atom stereocenters. The van der Waals surface area contributed by atoms with Crippen LogP contribution in [0.4, 0.5) is 0 Å². The zero-order chi connectivity index (χ0) is 13.1. The van der Waals surface area contributed by atoms with Crippen molar-refractivity contribution in [2.75, 3.05) is 13.7 Å². The number of ether oxygens (including phenoxy) is 1. The van der Waals surface area contributed by atoms with Gasteiger partial charge in [0.05, 0.1) is 12.4 Å². The van der Waals surface area contributed by atoms with E-state index in [0.717, 1.165) is 25.7 Å². The fraction of sp³-hybridized carbons (Fsp3) is 0.909. The van der Waals surface area contributed by atoms with E-state index in [2.05, 4.69) is 4.74 Å². The van der Waals surface area contributed by atoms with Gasteiger partial charge in [-0.1, -0.05) is 12.8 Å². The summed E-state index contributed by atoms with van der Waals surface area (Å²) in [4.78, 5) is 11.3. The normalized spacial score (nSPS) is 17.9. The van der Waals surface area contributed by atoms with E-state index in [1.807, 2.05) is 0 Å². The molecule has 0 spiro atoms. The molecular weight excluding hydrogens is 242 g/mol. The Morgan fingerprint density at radius 3 is 2.29 bits per heavy atom. The maximum Gasteiger partial charge on any atom is 0.321 e. The number of rotatable bonds is 5. The number of nitrogens with zero attached hydrogens (tertiary/aromatic N) is 1. The van der Waals surface area contributed by atoms with Crippen LogP contribution < -0.4 is 0 Å². The highest BCUT2D eigenvalue weighted by Crippen LogP contribution is 2.27. The lowest BCUT2D eigenvalue weighted by Crippen LogP contribution is -2.45. The van der Waals surface area contributed by atoms with E-state index in [0.29, 0.717) is 0 Å². The molecule has 1 rings (SSSR count). The molecule has 0 aromatic rings. The quantitative estimate of drug-likeness (QED) is 0.698. The Morgan fingerprint density at radius 2 is 1.88 bits per heavy atom. The van der Waals surface area contributed by atoms with E-state index in [9.17, 15) is 13.2 Å². The third-order valence-electron chi connectivity index (χ3n) is 3.17. The minimum absolute atomic E-state index is 0.0403. The van der Waals surface area contributed by atoms with Crippen molar-refractivity contribution in [2.24, 2.45) is 0 Å². The van der Waals surface area contributed by atoms with Crippen LogP contribution in [-0.2, 0) is 19.6 Å². The molecule has 17 heavy (non-hydrogen) atoms. The van der Waals surface area contributed by atoms with Gasteiger partial charge in [-0.15, -0.1) is 0 Å². The topological polar surface area (TPSA) is 63.7 Å². The molecule has 0 amide bonds. The molecule has 1 aliphatic rings. The first kappa shape index (κ1) is 14.4. The molecule has 0 aromatic carbocycles. The average Bonchev–Trinajstić information content (AvgIpc) is 2.78. The van der Waals surface area contributed by atoms with Gasteiger partial charge in [0.1, 0.15) is 6.54 Å². The number of methoxy groups -OCH3 is 1. The summed E-state index contributed by atoms with van der Waals surface area (Å²) in [6.45, 7) is 3.10. The predicted molar refractivity (Wildman–Crippen MR) is 65.0 cm³/mol. The van der Waals surface area contributed by atoms with Crippen molar-refractivity contribution in [3.05, 3.63) is 0 Å². The molecule has 0 saturated heterocycles. The molecule has 0 aliphatic heterocycles. The van der Waals surface area contributed by atoms with Crippen LogP contribution in [0.5, 0.6) is 0 Å². The van der Waals surface area contributed by atoms with Crippen molar-refractivity contribution in [3.63, 3.8) is 0 Å². The van der Waals surface area contributed by atoms with E-state index in [-0.39, 0.29) is 12.6 Å². The van der Waals surface area contributed by atoms with Gasteiger partial charge < -0.3 is 4.74 Å². The molecule has 1 fully saturated rings. The third-order valence-corrected chi connectivity index (χ3v) is 5.44. The molecule has 0 aromatic heterocycles. The van der Waals surface area contributed by atoms with E-state index < -0.39 is 21.2 Å². The van der Waals surface area contributed by atoms with E-state index >= 15 is 0 Å². The van der Waals surface area contributed by atoms with Crippen molar-refractivity contribution in [1.29, 1.82) is 0 Å². The van der Waals surface area contributed by atoms with Crippen LogP contribution in [-0.4, -0.2) is 43.6 Å². The van der Waals surface area contributed by atoms with E-state index in [1.165, 1.54) is 11.4 Å². The molecular formula is C11H21NO4S. The summed E-state index contributed by atoms with van der Waals surface area (Å²) in [6, 6.07) is -0.0403. The predicted octanol–water partition coefficient (Wildman–Crippen LogP) is 1.14. The fourth-order valence-electron chi connectivity index (χ4n) is 2.08. The Labute approximate surface area is 103 Å². The molecule has 0 N–H and O–H groups in total. The number of carbonyl (C=O) groups is 1. The van der Waals surface area contributed by atoms with Gasteiger partial charge in [-0.3, -0.25) is 4.79 Å². The van der Waals surface area contributed by atoms with Gasteiger partial charge in [0.25, 0.3) is 0 Å². The number of esters is 1. The summed E-state index contributed by atoms with van der Waals surface area (Å²) in [5, 5.41) is -0.507. The SMILES string of the molecule is COC(=O)CN(C1CCCC1)S(=O)(=O)C(C)C.